The number of hydrogen-bond acceptors (Lipinski definition) is 4. The molecule has 4 aromatic rings. The molecule has 0 radical (unpaired) electrons. The van der Waals surface area contributed by atoms with Crippen LogP contribution in [0.4, 0.5) is 0 Å². The summed E-state index contributed by atoms with van der Waals surface area (Å²) in [5.41, 5.74) is 3.86. The standard InChI is InChI=1S/C20H21ClN6O/c1-11(2)27-19-15(10-23-27)14(8-12(3)24-19)20(28)22-7-6-18-25-16-5-4-13(21)9-17(16)26-18/h4-5,8-11H,6-7H2,1-3H3,(H,22,28)(H,25,26). The van der Waals surface area contributed by atoms with Gasteiger partial charge in [-0.25, -0.2) is 14.6 Å². The van der Waals surface area contributed by atoms with Crippen molar-refractivity contribution < 1.29 is 4.79 Å². The minimum absolute atomic E-state index is 0.141. The van der Waals surface area contributed by atoms with E-state index in [1.165, 1.54) is 0 Å². The fourth-order valence-electron chi connectivity index (χ4n) is 3.25. The number of carbonyl (C=O) groups is 1. The molecule has 0 saturated heterocycles. The van der Waals surface area contributed by atoms with Crippen LogP contribution in [-0.4, -0.2) is 37.2 Å². The Bertz CT molecular complexity index is 1180. The van der Waals surface area contributed by atoms with Gasteiger partial charge in [0.15, 0.2) is 5.65 Å². The Kier molecular flexibility index (Phi) is 4.77. The van der Waals surface area contributed by atoms with Crippen molar-refractivity contribution in [3.8, 4) is 0 Å². The van der Waals surface area contributed by atoms with E-state index < -0.39 is 0 Å². The summed E-state index contributed by atoms with van der Waals surface area (Å²) in [5, 5.41) is 8.78. The lowest BCUT2D eigenvalue weighted by Gasteiger charge is -2.09. The quantitative estimate of drug-likeness (QED) is 0.536. The summed E-state index contributed by atoms with van der Waals surface area (Å²) in [6, 6.07) is 7.50. The molecule has 28 heavy (non-hydrogen) atoms. The third-order valence-electron chi connectivity index (χ3n) is 4.57. The molecular weight excluding hydrogens is 376 g/mol. The summed E-state index contributed by atoms with van der Waals surface area (Å²) < 4.78 is 1.83. The van der Waals surface area contributed by atoms with E-state index in [2.05, 4.69) is 25.4 Å². The van der Waals surface area contributed by atoms with Gasteiger partial charge >= 0.3 is 0 Å². The first-order chi connectivity index (χ1) is 13.4. The van der Waals surface area contributed by atoms with E-state index in [-0.39, 0.29) is 11.9 Å². The summed E-state index contributed by atoms with van der Waals surface area (Å²) in [4.78, 5) is 25.1. The number of aryl methyl sites for hydroxylation is 1. The van der Waals surface area contributed by atoms with Gasteiger partial charge in [0.05, 0.1) is 28.2 Å². The van der Waals surface area contributed by atoms with Crippen LogP contribution in [-0.2, 0) is 6.42 Å². The van der Waals surface area contributed by atoms with E-state index >= 15 is 0 Å². The van der Waals surface area contributed by atoms with Crippen molar-refractivity contribution >= 4 is 39.6 Å². The van der Waals surface area contributed by atoms with Crippen LogP contribution in [0.25, 0.3) is 22.1 Å². The van der Waals surface area contributed by atoms with Gasteiger partial charge < -0.3 is 10.3 Å². The molecule has 0 bridgehead atoms. The highest BCUT2D eigenvalue weighted by Crippen LogP contribution is 2.21. The Morgan fingerprint density at radius 3 is 2.89 bits per heavy atom. The second kappa shape index (κ2) is 7.24. The Morgan fingerprint density at radius 2 is 2.11 bits per heavy atom. The molecular formula is C20H21ClN6O. The second-order valence-corrected chi connectivity index (χ2v) is 7.52. The van der Waals surface area contributed by atoms with Crippen LogP contribution in [0.15, 0.2) is 30.5 Å². The van der Waals surface area contributed by atoms with Gasteiger partial charge in [0, 0.05) is 29.7 Å². The van der Waals surface area contributed by atoms with Crippen molar-refractivity contribution in [2.24, 2.45) is 0 Å². The molecule has 2 N–H and O–H groups in total. The highest BCUT2D eigenvalue weighted by atomic mass is 35.5. The summed E-state index contributed by atoms with van der Waals surface area (Å²) in [6.45, 7) is 6.43. The molecule has 1 aromatic carbocycles. The number of carbonyl (C=O) groups excluding carboxylic acids is 1. The van der Waals surface area contributed by atoms with Crippen molar-refractivity contribution in [3.05, 3.63) is 52.6 Å². The van der Waals surface area contributed by atoms with Crippen LogP contribution >= 0.6 is 11.6 Å². The first-order valence-corrected chi connectivity index (χ1v) is 9.57. The molecule has 0 aliphatic carbocycles. The van der Waals surface area contributed by atoms with Crippen molar-refractivity contribution in [1.82, 2.24) is 30.0 Å². The van der Waals surface area contributed by atoms with Gasteiger partial charge in [-0.05, 0) is 45.0 Å². The Balaban J connectivity index is 1.50. The van der Waals surface area contributed by atoms with Crippen molar-refractivity contribution in [3.63, 3.8) is 0 Å². The number of aromatic nitrogens is 5. The number of nitrogens with one attached hydrogen (secondary N) is 2. The topological polar surface area (TPSA) is 88.5 Å². The zero-order chi connectivity index (χ0) is 19.8. The molecule has 0 aliphatic rings. The monoisotopic (exact) mass is 396 g/mol. The lowest BCUT2D eigenvalue weighted by atomic mass is 10.1. The minimum atomic E-state index is -0.141. The van der Waals surface area contributed by atoms with Crippen molar-refractivity contribution in [1.29, 1.82) is 0 Å². The van der Waals surface area contributed by atoms with E-state index in [0.717, 1.165) is 33.6 Å². The van der Waals surface area contributed by atoms with E-state index in [1.54, 1.807) is 12.3 Å². The lowest BCUT2D eigenvalue weighted by molar-refractivity contribution is 0.0955. The number of benzene rings is 1. The molecule has 7 nitrogen and oxygen atoms in total. The molecule has 0 spiro atoms. The molecule has 0 atom stereocenters. The van der Waals surface area contributed by atoms with Crippen molar-refractivity contribution in [2.45, 2.75) is 33.2 Å². The Morgan fingerprint density at radius 1 is 1.29 bits per heavy atom. The molecule has 0 fully saturated rings. The van der Waals surface area contributed by atoms with E-state index in [9.17, 15) is 4.79 Å². The zero-order valence-corrected chi connectivity index (χ0v) is 16.7. The molecule has 8 heteroatoms. The zero-order valence-electron chi connectivity index (χ0n) is 16.0. The average Bonchev–Trinajstić information content (AvgIpc) is 3.23. The van der Waals surface area contributed by atoms with Gasteiger partial charge in [0.2, 0.25) is 0 Å². The number of rotatable bonds is 5. The molecule has 0 unspecified atom stereocenters. The van der Waals surface area contributed by atoms with Gasteiger partial charge in [-0.2, -0.15) is 5.10 Å². The first-order valence-electron chi connectivity index (χ1n) is 9.19. The SMILES string of the molecule is Cc1cc(C(=O)NCCc2nc3ccc(Cl)cc3[nH]2)c2cnn(C(C)C)c2n1. The summed E-state index contributed by atoms with van der Waals surface area (Å²) in [7, 11) is 0. The first kappa shape index (κ1) is 18.4. The van der Waals surface area contributed by atoms with Crippen LogP contribution in [0.5, 0.6) is 0 Å². The number of nitrogens with zero attached hydrogens (tertiary/aromatic N) is 4. The molecule has 3 heterocycles. The summed E-state index contributed by atoms with van der Waals surface area (Å²) >= 11 is 6.01. The Hall–Kier alpha value is -2.93. The van der Waals surface area contributed by atoms with Gasteiger partial charge in [-0.15, -0.1) is 0 Å². The number of H-pyrrole nitrogens is 1. The van der Waals surface area contributed by atoms with Gasteiger partial charge in [0.1, 0.15) is 5.82 Å². The predicted octanol–water partition coefficient (Wildman–Crippen LogP) is 3.82. The fraction of sp³-hybridized carbons (Fsp3) is 0.300. The van der Waals surface area contributed by atoms with E-state index in [4.69, 9.17) is 11.6 Å². The number of halogens is 1. The maximum absolute atomic E-state index is 12.8. The van der Waals surface area contributed by atoms with Crippen LogP contribution in [0.2, 0.25) is 5.02 Å². The second-order valence-electron chi connectivity index (χ2n) is 7.08. The Labute approximate surface area is 167 Å². The summed E-state index contributed by atoms with van der Waals surface area (Å²) in [6.07, 6.45) is 2.30. The number of imidazole rings is 1. The highest BCUT2D eigenvalue weighted by molar-refractivity contribution is 6.31. The van der Waals surface area contributed by atoms with E-state index in [0.29, 0.717) is 23.6 Å². The number of hydrogen-bond donors (Lipinski definition) is 2. The maximum atomic E-state index is 12.8. The smallest absolute Gasteiger partial charge is 0.252 e. The summed E-state index contributed by atoms with van der Waals surface area (Å²) in [5.74, 6) is 0.666. The molecule has 0 saturated carbocycles. The van der Waals surface area contributed by atoms with Gasteiger partial charge in [-0.1, -0.05) is 11.6 Å². The van der Waals surface area contributed by atoms with Crippen molar-refractivity contribution in [2.75, 3.05) is 6.54 Å². The molecule has 144 valence electrons. The fourth-order valence-corrected chi connectivity index (χ4v) is 3.42. The maximum Gasteiger partial charge on any atom is 0.252 e. The van der Waals surface area contributed by atoms with Crippen LogP contribution in [0.3, 0.4) is 0 Å². The molecule has 4 rings (SSSR count). The number of fused-ring (bicyclic) bond motifs is 2. The van der Waals surface area contributed by atoms with Crippen LogP contribution in [0.1, 0.15) is 41.8 Å². The van der Waals surface area contributed by atoms with Gasteiger partial charge in [0.25, 0.3) is 5.91 Å². The number of aromatic amines is 1. The number of amides is 1. The third kappa shape index (κ3) is 3.45. The average molecular weight is 397 g/mol. The van der Waals surface area contributed by atoms with E-state index in [1.807, 2.05) is 43.7 Å². The number of pyridine rings is 1. The third-order valence-corrected chi connectivity index (χ3v) is 4.80. The van der Waals surface area contributed by atoms with Gasteiger partial charge in [-0.3, -0.25) is 4.79 Å². The minimum Gasteiger partial charge on any atom is -0.352 e. The molecule has 0 aliphatic heterocycles. The predicted molar refractivity (Wildman–Crippen MR) is 110 cm³/mol. The largest absolute Gasteiger partial charge is 0.352 e. The lowest BCUT2D eigenvalue weighted by Crippen LogP contribution is -2.26. The molecule has 1 amide bonds. The highest BCUT2D eigenvalue weighted by Gasteiger charge is 2.16. The van der Waals surface area contributed by atoms with Crippen LogP contribution in [0, 0.1) is 6.92 Å². The van der Waals surface area contributed by atoms with Crippen LogP contribution < -0.4 is 5.32 Å². The normalized spacial score (nSPS) is 11.6. The molecule has 3 aromatic heterocycles.